The second-order valence-corrected chi connectivity index (χ2v) is 6.95. The normalized spacial score (nSPS) is 26.7. The molecule has 27 heavy (non-hydrogen) atoms. The topological polar surface area (TPSA) is 198 Å². The number of ether oxygens (including phenoxy) is 1. The minimum atomic E-state index is -4.49. The van der Waals surface area contributed by atoms with E-state index in [0.717, 1.165) is 0 Å². The largest absolute Gasteiger partial charge is 0.861 e. The SMILES string of the molecule is CC/C([O-])=N/S(=O)(=O)OCC1OC(n2cnc3c(N)ncnc32)[C@H](O)[C@@H]1O. The van der Waals surface area contributed by atoms with Crippen LogP contribution in [0, 0.1) is 0 Å². The molecule has 0 bridgehead atoms. The van der Waals surface area contributed by atoms with Gasteiger partial charge in [-0.3, -0.25) is 4.57 Å². The molecule has 1 aliphatic rings. The van der Waals surface area contributed by atoms with Crippen LogP contribution >= 0.6 is 0 Å². The fraction of sp³-hybridized carbons (Fsp3) is 0.538. The standard InChI is InChI=1S/C13H18N6O7S/c1-2-7(20)18-27(23,24)25-3-6-9(21)10(22)13(26-6)19-5-17-8-11(14)15-4-16-12(8)19/h4-6,9-10,13,21-22H,2-3H2,1H3,(H,18,20)(H2,14,15,16)/p-1/t6?,9-,10-,13?/m1/s1. The third kappa shape index (κ3) is 3.84. The summed E-state index contributed by atoms with van der Waals surface area (Å²) in [6, 6.07) is 0. The number of fused-ring (bicyclic) bond motifs is 1. The number of hydrogen-bond donors (Lipinski definition) is 3. The van der Waals surface area contributed by atoms with E-state index in [4.69, 9.17) is 10.5 Å². The predicted molar refractivity (Wildman–Crippen MR) is 88.3 cm³/mol. The van der Waals surface area contributed by atoms with E-state index in [0.29, 0.717) is 0 Å². The van der Waals surface area contributed by atoms with Gasteiger partial charge in [-0.2, -0.15) is 12.8 Å². The first-order valence-electron chi connectivity index (χ1n) is 7.83. The van der Waals surface area contributed by atoms with Crippen molar-refractivity contribution in [1.82, 2.24) is 19.5 Å². The number of aliphatic hydroxyl groups excluding tert-OH is 2. The molecule has 0 radical (unpaired) electrons. The van der Waals surface area contributed by atoms with Crippen molar-refractivity contribution in [1.29, 1.82) is 0 Å². The molecule has 3 rings (SSSR count). The van der Waals surface area contributed by atoms with Gasteiger partial charge in [0.1, 0.15) is 30.2 Å². The maximum Gasteiger partial charge on any atom is 0.380 e. The highest BCUT2D eigenvalue weighted by molar-refractivity contribution is 7.85. The van der Waals surface area contributed by atoms with Crippen LogP contribution < -0.4 is 10.8 Å². The summed E-state index contributed by atoms with van der Waals surface area (Å²) in [5.74, 6) is -0.747. The first-order chi connectivity index (χ1) is 12.7. The molecule has 1 fully saturated rings. The van der Waals surface area contributed by atoms with Crippen molar-refractivity contribution in [3.63, 3.8) is 0 Å². The maximum atomic E-state index is 11.6. The van der Waals surface area contributed by atoms with E-state index in [1.54, 1.807) is 0 Å². The highest BCUT2D eigenvalue weighted by atomic mass is 32.2. The molecule has 13 nitrogen and oxygen atoms in total. The van der Waals surface area contributed by atoms with Crippen LogP contribution in [-0.4, -0.2) is 69.0 Å². The molecule has 0 aromatic carbocycles. The number of anilines is 1. The zero-order valence-corrected chi connectivity index (χ0v) is 14.9. The lowest BCUT2D eigenvalue weighted by molar-refractivity contribution is -0.217. The minimum absolute atomic E-state index is 0.107. The van der Waals surface area contributed by atoms with E-state index in [9.17, 15) is 23.7 Å². The molecule has 0 spiro atoms. The summed E-state index contributed by atoms with van der Waals surface area (Å²) in [6.07, 6.45) is -2.83. The first kappa shape index (κ1) is 19.4. The van der Waals surface area contributed by atoms with Crippen LogP contribution in [-0.2, 0) is 19.2 Å². The number of rotatable bonds is 6. The van der Waals surface area contributed by atoms with Crippen LogP contribution in [0.15, 0.2) is 17.1 Å². The number of nitrogens with zero attached hydrogens (tertiary/aromatic N) is 5. The van der Waals surface area contributed by atoms with Gasteiger partial charge in [0, 0.05) is 0 Å². The van der Waals surface area contributed by atoms with Gasteiger partial charge in [0.2, 0.25) is 0 Å². The van der Waals surface area contributed by atoms with E-state index in [2.05, 4.69) is 23.5 Å². The molecule has 0 saturated carbocycles. The lowest BCUT2D eigenvalue weighted by atomic mass is 10.1. The van der Waals surface area contributed by atoms with Crippen molar-refractivity contribution in [2.24, 2.45) is 4.40 Å². The van der Waals surface area contributed by atoms with Crippen LogP contribution in [0.25, 0.3) is 11.2 Å². The Morgan fingerprint density at radius 1 is 1.41 bits per heavy atom. The maximum absolute atomic E-state index is 11.6. The summed E-state index contributed by atoms with van der Waals surface area (Å²) in [6.45, 7) is 0.791. The van der Waals surface area contributed by atoms with E-state index in [-0.39, 0.29) is 23.4 Å². The Kier molecular flexibility index (Phi) is 5.25. The van der Waals surface area contributed by atoms with Crippen molar-refractivity contribution in [3.8, 4) is 0 Å². The molecule has 3 heterocycles. The van der Waals surface area contributed by atoms with Crippen molar-refractivity contribution in [3.05, 3.63) is 12.7 Å². The van der Waals surface area contributed by atoms with Gasteiger partial charge < -0.3 is 25.8 Å². The Labute approximate surface area is 153 Å². The highest BCUT2D eigenvalue weighted by Gasteiger charge is 2.45. The lowest BCUT2D eigenvalue weighted by Crippen LogP contribution is -2.34. The van der Waals surface area contributed by atoms with E-state index >= 15 is 0 Å². The second kappa shape index (κ2) is 7.32. The third-order valence-electron chi connectivity index (χ3n) is 3.90. The van der Waals surface area contributed by atoms with Crippen LogP contribution in [0.3, 0.4) is 0 Å². The number of aromatic nitrogens is 4. The van der Waals surface area contributed by atoms with Gasteiger partial charge in [0.15, 0.2) is 17.7 Å². The summed E-state index contributed by atoms with van der Waals surface area (Å²) in [7, 11) is -4.49. The Bertz CT molecular complexity index is 961. The molecule has 0 amide bonds. The van der Waals surface area contributed by atoms with Crippen molar-refractivity contribution in [2.45, 2.75) is 37.9 Å². The van der Waals surface area contributed by atoms with E-state index in [1.165, 1.54) is 24.1 Å². The van der Waals surface area contributed by atoms with E-state index in [1.807, 2.05) is 0 Å². The van der Waals surface area contributed by atoms with Crippen molar-refractivity contribution >= 4 is 33.2 Å². The summed E-state index contributed by atoms with van der Waals surface area (Å²) in [5, 5.41) is 31.5. The van der Waals surface area contributed by atoms with Crippen LogP contribution in [0.2, 0.25) is 0 Å². The molecule has 2 aromatic rings. The number of aliphatic hydroxyl groups is 2. The van der Waals surface area contributed by atoms with Gasteiger partial charge in [0.25, 0.3) is 0 Å². The van der Waals surface area contributed by atoms with Gasteiger partial charge in [0.05, 0.1) is 12.9 Å². The summed E-state index contributed by atoms with van der Waals surface area (Å²) in [5.41, 5.74) is 6.24. The van der Waals surface area contributed by atoms with Gasteiger partial charge >= 0.3 is 10.3 Å². The molecule has 2 unspecified atom stereocenters. The smallest absolute Gasteiger partial charge is 0.380 e. The second-order valence-electron chi connectivity index (χ2n) is 5.68. The van der Waals surface area contributed by atoms with Gasteiger partial charge in [-0.1, -0.05) is 6.92 Å². The molecule has 4 atom stereocenters. The number of hydrogen-bond acceptors (Lipinski definition) is 11. The average molecular weight is 401 g/mol. The molecule has 148 valence electrons. The van der Waals surface area contributed by atoms with Gasteiger partial charge in [-0.15, -0.1) is 0 Å². The van der Waals surface area contributed by atoms with Gasteiger partial charge in [-0.25, -0.2) is 19.1 Å². The Morgan fingerprint density at radius 3 is 2.85 bits per heavy atom. The summed E-state index contributed by atoms with van der Waals surface area (Å²) in [4.78, 5) is 11.8. The fourth-order valence-electron chi connectivity index (χ4n) is 2.52. The quantitative estimate of drug-likeness (QED) is 0.340. The van der Waals surface area contributed by atoms with Crippen LogP contribution in [0.1, 0.15) is 19.6 Å². The zero-order valence-electron chi connectivity index (χ0n) is 14.0. The van der Waals surface area contributed by atoms with Gasteiger partial charge in [-0.05, 0) is 12.3 Å². The van der Waals surface area contributed by atoms with E-state index < -0.39 is 47.3 Å². The molecule has 0 aliphatic carbocycles. The molecule has 2 aromatic heterocycles. The Balaban J connectivity index is 1.77. The van der Waals surface area contributed by atoms with Crippen molar-refractivity contribution in [2.75, 3.05) is 12.3 Å². The molecule has 1 aliphatic heterocycles. The minimum Gasteiger partial charge on any atom is -0.861 e. The molecular formula is C13H17N6O7S-. The molecule has 14 heteroatoms. The first-order valence-corrected chi connectivity index (χ1v) is 9.19. The number of nitrogen functional groups attached to an aromatic ring is 1. The highest BCUT2D eigenvalue weighted by Crippen LogP contribution is 2.32. The molecule has 1 saturated heterocycles. The number of imidazole rings is 1. The lowest BCUT2D eigenvalue weighted by Gasteiger charge is -2.16. The zero-order chi connectivity index (χ0) is 19.8. The van der Waals surface area contributed by atoms with Crippen molar-refractivity contribution < 1.29 is 32.7 Å². The Hall–Kier alpha value is -2.39. The Morgan fingerprint density at radius 2 is 2.15 bits per heavy atom. The van der Waals surface area contributed by atoms with Crippen LogP contribution in [0.4, 0.5) is 5.82 Å². The molecular weight excluding hydrogens is 384 g/mol. The monoisotopic (exact) mass is 401 g/mol. The average Bonchev–Trinajstić information content (AvgIpc) is 3.16. The number of nitrogens with two attached hydrogens (primary N) is 1. The third-order valence-corrected chi connectivity index (χ3v) is 4.76. The van der Waals surface area contributed by atoms with Crippen LogP contribution in [0.5, 0.6) is 0 Å². The molecule has 4 N–H and O–H groups in total. The summed E-state index contributed by atoms with van der Waals surface area (Å²) >= 11 is 0. The summed E-state index contributed by atoms with van der Waals surface area (Å²) < 4.78 is 37.6. The fourth-order valence-corrected chi connectivity index (χ4v) is 3.26. The predicted octanol–water partition coefficient (Wildman–Crippen LogP) is -2.54.